The first kappa shape index (κ1) is 19.7. The van der Waals surface area contributed by atoms with Gasteiger partial charge in [0.05, 0.1) is 17.4 Å². The maximum absolute atomic E-state index is 12.4. The number of rotatable bonds is 4. The molecule has 3 heterocycles. The molecule has 1 aliphatic carbocycles. The van der Waals surface area contributed by atoms with Crippen molar-refractivity contribution >= 4 is 11.7 Å². The average molecular weight is 396 g/mol. The molecule has 0 bridgehead atoms. The molecule has 154 valence electrons. The van der Waals surface area contributed by atoms with Crippen LogP contribution in [0.4, 0.5) is 5.82 Å². The van der Waals surface area contributed by atoms with Gasteiger partial charge >= 0.3 is 0 Å². The van der Waals surface area contributed by atoms with Crippen LogP contribution in [0.25, 0.3) is 0 Å². The molecule has 2 aliphatic rings. The Balaban J connectivity index is 1.50. The van der Waals surface area contributed by atoms with Gasteiger partial charge in [0, 0.05) is 56.9 Å². The summed E-state index contributed by atoms with van der Waals surface area (Å²) >= 11 is 0. The van der Waals surface area contributed by atoms with E-state index in [-0.39, 0.29) is 17.8 Å². The van der Waals surface area contributed by atoms with E-state index >= 15 is 0 Å². The number of amides is 1. The molecule has 1 N–H and O–H groups in total. The summed E-state index contributed by atoms with van der Waals surface area (Å²) in [5, 5.41) is 3.80. The van der Waals surface area contributed by atoms with Gasteiger partial charge in [0.2, 0.25) is 5.82 Å². The maximum atomic E-state index is 12.4. The van der Waals surface area contributed by atoms with Crippen LogP contribution in [0.2, 0.25) is 0 Å². The van der Waals surface area contributed by atoms with Gasteiger partial charge in [-0.05, 0) is 39.5 Å². The number of hydrogen-bond donors (Lipinski definition) is 1. The molecule has 8 heteroatoms. The Morgan fingerprint density at radius 1 is 1.17 bits per heavy atom. The van der Waals surface area contributed by atoms with Crippen molar-refractivity contribution in [1.82, 2.24) is 30.2 Å². The van der Waals surface area contributed by atoms with Gasteiger partial charge in [-0.3, -0.25) is 14.8 Å². The number of anilines is 1. The third-order valence-corrected chi connectivity index (χ3v) is 5.93. The Kier molecular flexibility index (Phi) is 5.45. The van der Waals surface area contributed by atoms with Gasteiger partial charge in [-0.1, -0.05) is 0 Å². The molecule has 0 saturated carbocycles. The summed E-state index contributed by atoms with van der Waals surface area (Å²) in [6.45, 7) is 5.74. The highest BCUT2D eigenvalue weighted by atomic mass is 16.2. The monoisotopic (exact) mass is 395 g/mol. The number of aryl methyl sites for hydroxylation is 2. The molecule has 1 amide bonds. The largest absolute Gasteiger partial charge is 0.355 e. The van der Waals surface area contributed by atoms with E-state index in [9.17, 15) is 4.79 Å². The van der Waals surface area contributed by atoms with E-state index in [1.54, 1.807) is 26.5 Å². The molecule has 0 aromatic carbocycles. The quantitative estimate of drug-likeness (QED) is 0.845. The van der Waals surface area contributed by atoms with Crippen molar-refractivity contribution < 1.29 is 4.79 Å². The van der Waals surface area contributed by atoms with Crippen molar-refractivity contribution in [2.24, 2.45) is 0 Å². The van der Waals surface area contributed by atoms with Crippen LogP contribution in [0.1, 0.15) is 58.6 Å². The molecular formula is C21H29N7O. The van der Waals surface area contributed by atoms with Crippen LogP contribution in [0, 0.1) is 13.8 Å². The first-order valence-electron chi connectivity index (χ1n) is 10.3. The van der Waals surface area contributed by atoms with Gasteiger partial charge in [-0.15, -0.1) is 0 Å². The molecule has 8 nitrogen and oxygen atoms in total. The molecule has 29 heavy (non-hydrogen) atoms. The summed E-state index contributed by atoms with van der Waals surface area (Å²) in [6.07, 6.45) is 7.85. The predicted octanol–water partition coefficient (Wildman–Crippen LogP) is 1.83. The summed E-state index contributed by atoms with van der Waals surface area (Å²) < 4.78 is 0. The Hall–Kier alpha value is -2.61. The zero-order chi connectivity index (χ0) is 20.5. The predicted molar refractivity (Wildman–Crippen MR) is 111 cm³/mol. The number of aromatic nitrogens is 4. The van der Waals surface area contributed by atoms with Crippen molar-refractivity contribution in [3.05, 3.63) is 40.9 Å². The highest BCUT2D eigenvalue weighted by Crippen LogP contribution is 2.29. The van der Waals surface area contributed by atoms with Crippen LogP contribution in [-0.2, 0) is 6.42 Å². The summed E-state index contributed by atoms with van der Waals surface area (Å²) in [7, 11) is 3.45. The second-order valence-electron chi connectivity index (χ2n) is 8.21. The van der Waals surface area contributed by atoms with Crippen molar-refractivity contribution in [2.75, 3.05) is 32.1 Å². The van der Waals surface area contributed by atoms with Gasteiger partial charge in [-0.2, -0.15) is 0 Å². The first-order chi connectivity index (χ1) is 13.9. The van der Waals surface area contributed by atoms with Crippen LogP contribution in [0.5, 0.6) is 0 Å². The van der Waals surface area contributed by atoms with Crippen molar-refractivity contribution in [2.45, 2.75) is 51.6 Å². The van der Waals surface area contributed by atoms with Gasteiger partial charge < -0.3 is 15.1 Å². The Morgan fingerprint density at radius 3 is 2.76 bits per heavy atom. The normalized spacial score (nSPS) is 21.2. The number of carbonyl (C=O) groups is 1. The molecule has 1 unspecified atom stereocenters. The molecule has 1 aliphatic heterocycles. The number of carbonyl (C=O) groups excluding carboxylic acids is 1. The molecule has 2 aromatic heterocycles. The lowest BCUT2D eigenvalue weighted by molar-refractivity contribution is 0.0815. The summed E-state index contributed by atoms with van der Waals surface area (Å²) in [4.78, 5) is 34.3. The fraction of sp³-hybridized carbons (Fsp3) is 0.571. The molecule has 0 spiro atoms. The lowest BCUT2D eigenvalue weighted by Crippen LogP contribution is -2.38. The van der Waals surface area contributed by atoms with Crippen LogP contribution in [-0.4, -0.2) is 64.0 Å². The standard InChI is InChI=1S/C21H29N7O/c1-13-14(2)24-19(21(29)27(3)4)26-20(13)28-11-8-15(12-28)25-17-7-5-6-16-18(17)23-10-9-22-16/h9-10,15,17,25H,5-8,11-12H2,1-4H3/t15-,17?/m1/s1. The minimum absolute atomic E-state index is 0.166. The van der Waals surface area contributed by atoms with Crippen LogP contribution >= 0.6 is 0 Å². The number of nitrogens with zero attached hydrogens (tertiary/aromatic N) is 6. The Labute approximate surface area is 171 Å². The van der Waals surface area contributed by atoms with Crippen molar-refractivity contribution in [3.63, 3.8) is 0 Å². The number of nitrogens with one attached hydrogen (secondary N) is 1. The van der Waals surface area contributed by atoms with Gasteiger partial charge in [-0.25, -0.2) is 9.97 Å². The van der Waals surface area contributed by atoms with Gasteiger partial charge in [0.1, 0.15) is 5.82 Å². The Bertz CT molecular complexity index is 914. The molecular weight excluding hydrogens is 366 g/mol. The summed E-state index contributed by atoms with van der Waals surface area (Å²) in [6, 6.07) is 0.618. The highest BCUT2D eigenvalue weighted by Gasteiger charge is 2.30. The van der Waals surface area contributed by atoms with Crippen molar-refractivity contribution in [1.29, 1.82) is 0 Å². The third kappa shape index (κ3) is 3.94. The lowest BCUT2D eigenvalue weighted by atomic mass is 9.94. The maximum Gasteiger partial charge on any atom is 0.291 e. The fourth-order valence-corrected chi connectivity index (χ4v) is 4.22. The SMILES string of the molecule is Cc1nc(C(=O)N(C)C)nc(N2CC[C@@H](NC3CCCc4nccnc43)C2)c1C. The van der Waals surface area contributed by atoms with E-state index in [4.69, 9.17) is 0 Å². The fourth-order valence-electron chi connectivity index (χ4n) is 4.22. The number of fused-ring (bicyclic) bond motifs is 1. The summed E-state index contributed by atoms with van der Waals surface area (Å²) in [5.41, 5.74) is 4.12. The van der Waals surface area contributed by atoms with Gasteiger partial charge in [0.25, 0.3) is 5.91 Å². The van der Waals surface area contributed by atoms with E-state index in [1.807, 2.05) is 13.8 Å². The van der Waals surface area contributed by atoms with Crippen molar-refractivity contribution in [3.8, 4) is 0 Å². The molecule has 2 atom stereocenters. The number of hydrogen-bond acceptors (Lipinski definition) is 7. The van der Waals surface area contributed by atoms with E-state index < -0.39 is 0 Å². The van der Waals surface area contributed by atoms with E-state index in [0.29, 0.717) is 6.04 Å². The molecule has 4 rings (SSSR count). The van der Waals surface area contributed by atoms with E-state index in [0.717, 1.165) is 67.2 Å². The molecule has 0 radical (unpaired) electrons. The topological polar surface area (TPSA) is 87.1 Å². The van der Waals surface area contributed by atoms with Crippen LogP contribution in [0.3, 0.4) is 0 Å². The third-order valence-electron chi connectivity index (χ3n) is 5.93. The zero-order valence-electron chi connectivity index (χ0n) is 17.6. The highest BCUT2D eigenvalue weighted by molar-refractivity contribution is 5.90. The molecule has 2 aromatic rings. The smallest absolute Gasteiger partial charge is 0.291 e. The zero-order valence-corrected chi connectivity index (χ0v) is 17.6. The average Bonchev–Trinajstić information content (AvgIpc) is 3.18. The second kappa shape index (κ2) is 8.02. The summed E-state index contributed by atoms with van der Waals surface area (Å²) in [5.74, 6) is 0.970. The molecule has 1 saturated heterocycles. The lowest BCUT2D eigenvalue weighted by Gasteiger charge is -2.28. The molecule has 1 fully saturated rings. The minimum Gasteiger partial charge on any atom is -0.355 e. The minimum atomic E-state index is -0.166. The first-order valence-corrected chi connectivity index (χ1v) is 10.3. The Morgan fingerprint density at radius 2 is 1.97 bits per heavy atom. The van der Waals surface area contributed by atoms with Gasteiger partial charge in [0.15, 0.2) is 0 Å². The van der Waals surface area contributed by atoms with E-state index in [1.165, 1.54) is 4.90 Å². The van der Waals surface area contributed by atoms with E-state index in [2.05, 4.69) is 30.2 Å². The van der Waals surface area contributed by atoms with Crippen LogP contribution < -0.4 is 10.2 Å². The van der Waals surface area contributed by atoms with Crippen LogP contribution in [0.15, 0.2) is 12.4 Å². The second-order valence-corrected chi connectivity index (χ2v) is 8.21.